The van der Waals surface area contributed by atoms with E-state index in [2.05, 4.69) is 35.7 Å². The van der Waals surface area contributed by atoms with E-state index in [1.807, 2.05) is 13.1 Å². The van der Waals surface area contributed by atoms with Gasteiger partial charge in [-0.05, 0) is 38.9 Å². The summed E-state index contributed by atoms with van der Waals surface area (Å²) < 4.78 is 5.06. The minimum atomic E-state index is -0.308. The Morgan fingerprint density at radius 3 is 2.58 bits per heavy atom. The Morgan fingerprint density at radius 1 is 1.26 bits per heavy atom. The Morgan fingerprint density at radius 2 is 1.95 bits per heavy atom. The largest absolute Gasteiger partial charge is 0.461 e. The monoisotopic (exact) mass is 261 g/mol. The lowest BCUT2D eigenvalue weighted by Gasteiger charge is -2.16. The minimum Gasteiger partial charge on any atom is -0.461 e. The Hall–Kier alpha value is -1.61. The standard InChI is InChI=1S/C16H23NO2/c1-14(2)16(18)19-13-12-17(3)11-7-10-15-8-5-4-6-9-15/h4-6,8-9H,1,7,10-13H2,2-3H3. The molecule has 1 aromatic rings. The first-order valence-electron chi connectivity index (χ1n) is 6.64. The van der Waals surface area contributed by atoms with E-state index in [0.717, 1.165) is 25.9 Å². The smallest absolute Gasteiger partial charge is 0.333 e. The molecule has 0 aliphatic carbocycles. The SMILES string of the molecule is C=C(C)C(=O)OCCN(C)CCCc1ccccc1. The maximum atomic E-state index is 11.2. The van der Waals surface area contributed by atoms with Crippen molar-refractivity contribution < 1.29 is 9.53 Å². The average Bonchev–Trinajstić information content (AvgIpc) is 2.39. The molecule has 0 saturated heterocycles. The van der Waals surface area contributed by atoms with E-state index in [4.69, 9.17) is 4.74 Å². The van der Waals surface area contributed by atoms with Crippen LogP contribution in [0.3, 0.4) is 0 Å². The van der Waals surface area contributed by atoms with Crippen molar-refractivity contribution in [1.29, 1.82) is 0 Å². The summed E-state index contributed by atoms with van der Waals surface area (Å²) in [5, 5.41) is 0. The van der Waals surface area contributed by atoms with Crippen LogP contribution in [0.2, 0.25) is 0 Å². The van der Waals surface area contributed by atoms with Gasteiger partial charge in [0.2, 0.25) is 0 Å². The predicted molar refractivity (Wildman–Crippen MR) is 78.0 cm³/mol. The van der Waals surface area contributed by atoms with Crippen molar-refractivity contribution in [3.8, 4) is 0 Å². The number of carbonyl (C=O) groups excluding carboxylic acids is 1. The highest BCUT2D eigenvalue weighted by molar-refractivity contribution is 5.86. The molecule has 0 heterocycles. The van der Waals surface area contributed by atoms with Crippen molar-refractivity contribution in [3.63, 3.8) is 0 Å². The molecule has 0 bridgehead atoms. The van der Waals surface area contributed by atoms with Crippen LogP contribution in [-0.4, -0.2) is 37.6 Å². The summed E-state index contributed by atoms with van der Waals surface area (Å²) in [6.07, 6.45) is 2.19. The molecule has 0 radical (unpaired) electrons. The van der Waals surface area contributed by atoms with Gasteiger partial charge in [-0.25, -0.2) is 4.79 Å². The van der Waals surface area contributed by atoms with E-state index in [0.29, 0.717) is 12.2 Å². The normalized spacial score (nSPS) is 10.5. The molecule has 0 atom stereocenters. The fourth-order valence-electron chi connectivity index (χ4n) is 1.73. The molecule has 3 nitrogen and oxygen atoms in total. The fourth-order valence-corrected chi connectivity index (χ4v) is 1.73. The second-order valence-electron chi connectivity index (χ2n) is 4.81. The Kier molecular flexibility index (Phi) is 6.90. The fraction of sp³-hybridized carbons (Fsp3) is 0.438. The lowest BCUT2D eigenvalue weighted by Crippen LogP contribution is -2.25. The van der Waals surface area contributed by atoms with Gasteiger partial charge in [-0.15, -0.1) is 0 Å². The molecule has 0 saturated carbocycles. The summed E-state index contributed by atoms with van der Waals surface area (Å²) in [6.45, 7) is 7.39. The Labute approximate surface area is 115 Å². The van der Waals surface area contributed by atoms with Crippen molar-refractivity contribution in [2.45, 2.75) is 19.8 Å². The number of hydrogen-bond donors (Lipinski definition) is 0. The van der Waals surface area contributed by atoms with Crippen LogP contribution in [0.15, 0.2) is 42.5 Å². The first kappa shape index (κ1) is 15.4. The maximum absolute atomic E-state index is 11.2. The van der Waals surface area contributed by atoms with Crippen LogP contribution in [0, 0.1) is 0 Å². The van der Waals surface area contributed by atoms with E-state index in [-0.39, 0.29) is 5.97 Å². The number of benzene rings is 1. The van der Waals surface area contributed by atoms with Gasteiger partial charge < -0.3 is 9.64 Å². The van der Waals surface area contributed by atoms with Gasteiger partial charge in [-0.3, -0.25) is 0 Å². The van der Waals surface area contributed by atoms with Gasteiger partial charge in [0.1, 0.15) is 6.61 Å². The second kappa shape index (κ2) is 8.48. The van der Waals surface area contributed by atoms with Crippen molar-refractivity contribution in [3.05, 3.63) is 48.0 Å². The molecule has 0 unspecified atom stereocenters. The van der Waals surface area contributed by atoms with E-state index in [9.17, 15) is 4.79 Å². The first-order valence-corrected chi connectivity index (χ1v) is 6.64. The quantitative estimate of drug-likeness (QED) is 0.532. The number of ether oxygens (including phenoxy) is 1. The molecule has 0 N–H and O–H groups in total. The van der Waals surface area contributed by atoms with Crippen molar-refractivity contribution in [2.75, 3.05) is 26.7 Å². The number of esters is 1. The summed E-state index contributed by atoms with van der Waals surface area (Å²) in [5.41, 5.74) is 1.82. The first-order chi connectivity index (χ1) is 9.09. The van der Waals surface area contributed by atoms with Crippen LogP contribution in [0.4, 0.5) is 0 Å². The molecular weight excluding hydrogens is 238 g/mol. The topological polar surface area (TPSA) is 29.5 Å². The minimum absolute atomic E-state index is 0.308. The molecule has 3 heteroatoms. The van der Waals surface area contributed by atoms with E-state index in [1.54, 1.807) is 6.92 Å². The van der Waals surface area contributed by atoms with Crippen LogP contribution in [0.5, 0.6) is 0 Å². The third-order valence-electron chi connectivity index (χ3n) is 2.90. The summed E-state index contributed by atoms with van der Waals surface area (Å²) in [4.78, 5) is 13.4. The number of hydrogen-bond acceptors (Lipinski definition) is 3. The van der Waals surface area contributed by atoms with E-state index >= 15 is 0 Å². The van der Waals surface area contributed by atoms with Gasteiger partial charge >= 0.3 is 5.97 Å². The van der Waals surface area contributed by atoms with Crippen molar-refractivity contribution in [1.82, 2.24) is 4.90 Å². The molecule has 0 fully saturated rings. The number of carbonyl (C=O) groups is 1. The molecule has 0 aliphatic rings. The van der Waals surface area contributed by atoms with Gasteiger partial charge in [-0.2, -0.15) is 0 Å². The third kappa shape index (κ3) is 6.77. The summed E-state index contributed by atoms with van der Waals surface area (Å²) in [7, 11) is 2.04. The predicted octanol–water partition coefficient (Wildman–Crippen LogP) is 2.67. The lowest BCUT2D eigenvalue weighted by atomic mass is 10.1. The lowest BCUT2D eigenvalue weighted by molar-refractivity contribution is -0.139. The maximum Gasteiger partial charge on any atom is 0.333 e. The molecule has 0 aliphatic heterocycles. The van der Waals surface area contributed by atoms with Crippen molar-refractivity contribution >= 4 is 5.97 Å². The van der Waals surface area contributed by atoms with Crippen LogP contribution in [0.25, 0.3) is 0 Å². The molecule has 19 heavy (non-hydrogen) atoms. The van der Waals surface area contributed by atoms with Crippen LogP contribution in [-0.2, 0) is 16.0 Å². The number of rotatable bonds is 8. The highest BCUT2D eigenvalue weighted by atomic mass is 16.5. The third-order valence-corrected chi connectivity index (χ3v) is 2.90. The Balaban J connectivity index is 2.10. The number of likely N-dealkylation sites (N-methyl/N-ethyl adjacent to an activating group) is 1. The van der Waals surface area contributed by atoms with Crippen molar-refractivity contribution in [2.24, 2.45) is 0 Å². The van der Waals surface area contributed by atoms with Crippen LogP contribution in [0.1, 0.15) is 18.9 Å². The van der Waals surface area contributed by atoms with Gasteiger partial charge in [0.05, 0.1) is 0 Å². The summed E-state index contributed by atoms with van der Waals surface area (Å²) in [5.74, 6) is -0.308. The van der Waals surface area contributed by atoms with Crippen LogP contribution >= 0.6 is 0 Å². The van der Waals surface area contributed by atoms with Crippen LogP contribution < -0.4 is 0 Å². The Bertz CT molecular complexity index is 400. The molecule has 0 amide bonds. The molecule has 104 valence electrons. The zero-order chi connectivity index (χ0) is 14.1. The molecule has 1 aromatic carbocycles. The zero-order valence-electron chi connectivity index (χ0n) is 11.9. The molecule has 0 aromatic heterocycles. The highest BCUT2D eigenvalue weighted by Crippen LogP contribution is 2.03. The summed E-state index contributed by atoms with van der Waals surface area (Å²) in [6, 6.07) is 10.5. The average molecular weight is 261 g/mol. The highest BCUT2D eigenvalue weighted by Gasteiger charge is 2.04. The number of aryl methyl sites for hydroxylation is 1. The molecule has 0 spiro atoms. The molecular formula is C16H23NO2. The zero-order valence-corrected chi connectivity index (χ0v) is 11.9. The van der Waals surface area contributed by atoms with Gasteiger partial charge in [0.25, 0.3) is 0 Å². The molecule has 1 rings (SSSR count). The summed E-state index contributed by atoms with van der Waals surface area (Å²) >= 11 is 0. The second-order valence-corrected chi connectivity index (χ2v) is 4.81. The van der Waals surface area contributed by atoms with Gasteiger partial charge in [0, 0.05) is 12.1 Å². The van der Waals surface area contributed by atoms with Gasteiger partial charge in [-0.1, -0.05) is 36.9 Å². The van der Waals surface area contributed by atoms with E-state index in [1.165, 1.54) is 5.56 Å². The number of nitrogens with zero attached hydrogens (tertiary/aromatic N) is 1. The van der Waals surface area contributed by atoms with E-state index < -0.39 is 0 Å². The van der Waals surface area contributed by atoms with Gasteiger partial charge in [0.15, 0.2) is 0 Å².